The summed E-state index contributed by atoms with van der Waals surface area (Å²) in [5.74, 6) is 0.454. The highest BCUT2D eigenvalue weighted by atomic mass is 16.5. The number of ether oxygens (including phenoxy) is 1. The number of ketones is 1. The average Bonchev–Trinajstić information content (AvgIpc) is 2.41. The summed E-state index contributed by atoms with van der Waals surface area (Å²) in [5.41, 5.74) is 1.29. The van der Waals surface area contributed by atoms with E-state index >= 15 is 0 Å². The lowest BCUT2D eigenvalue weighted by atomic mass is 10.0. The second-order valence-electron chi connectivity index (χ2n) is 4.15. The van der Waals surface area contributed by atoms with Gasteiger partial charge in [0.05, 0.1) is 7.11 Å². The van der Waals surface area contributed by atoms with Crippen molar-refractivity contribution in [2.45, 2.75) is 6.42 Å². The van der Waals surface area contributed by atoms with Gasteiger partial charge in [-0.2, -0.15) is 0 Å². The summed E-state index contributed by atoms with van der Waals surface area (Å²) in [6.45, 7) is 0. The molecule has 0 aliphatic rings. The van der Waals surface area contributed by atoms with Crippen LogP contribution in [0.2, 0.25) is 0 Å². The molecule has 2 N–H and O–H groups in total. The Labute approximate surface area is 110 Å². The molecule has 19 heavy (non-hydrogen) atoms. The monoisotopic (exact) mass is 258 g/mol. The Kier molecular flexibility index (Phi) is 3.71. The smallest absolute Gasteiger partial charge is 0.167 e. The second kappa shape index (κ2) is 5.44. The zero-order valence-corrected chi connectivity index (χ0v) is 10.5. The SMILES string of the molecule is COc1cc(CC(=O)c2ccc(O)cc2)ccc1O. The standard InChI is InChI=1S/C15H14O4/c1-19-15-9-10(2-7-13(15)17)8-14(18)11-3-5-12(16)6-4-11/h2-7,9,16-17H,8H2,1H3. The number of hydrogen-bond acceptors (Lipinski definition) is 4. The Morgan fingerprint density at radius 2 is 1.79 bits per heavy atom. The minimum absolute atomic E-state index is 0.0448. The van der Waals surface area contributed by atoms with Crippen LogP contribution in [0.25, 0.3) is 0 Å². The van der Waals surface area contributed by atoms with E-state index in [1.54, 1.807) is 24.3 Å². The lowest BCUT2D eigenvalue weighted by molar-refractivity contribution is 0.0993. The lowest BCUT2D eigenvalue weighted by Crippen LogP contribution is -2.03. The van der Waals surface area contributed by atoms with E-state index in [1.165, 1.54) is 25.3 Å². The zero-order chi connectivity index (χ0) is 13.8. The van der Waals surface area contributed by atoms with Crippen molar-refractivity contribution in [2.75, 3.05) is 7.11 Å². The normalized spacial score (nSPS) is 10.2. The molecule has 2 aromatic carbocycles. The molecule has 4 nitrogen and oxygen atoms in total. The van der Waals surface area contributed by atoms with Crippen molar-refractivity contribution in [3.8, 4) is 17.2 Å². The molecule has 0 spiro atoms. The Balaban J connectivity index is 2.17. The third kappa shape index (κ3) is 3.04. The minimum Gasteiger partial charge on any atom is -0.508 e. The van der Waals surface area contributed by atoms with Gasteiger partial charge < -0.3 is 14.9 Å². The van der Waals surface area contributed by atoms with Gasteiger partial charge in [0.25, 0.3) is 0 Å². The van der Waals surface area contributed by atoms with Crippen LogP contribution < -0.4 is 4.74 Å². The summed E-state index contributed by atoms with van der Waals surface area (Å²) in [7, 11) is 1.46. The number of carbonyl (C=O) groups excluding carboxylic acids is 1. The van der Waals surface area contributed by atoms with E-state index in [2.05, 4.69) is 0 Å². The summed E-state index contributed by atoms with van der Waals surface area (Å²) in [5, 5.41) is 18.7. The molecule has 0 amide bonds. The Hall–Kier alpha value is -2.49. The Morgan fingerprint density at radius 3 is 2.42 bits per heavy atom. The van der Waals surface area contributed by atoms with Crippen molar-refractivity contribution in [2.24, 2.45) is 0 Å². The van der Waals surface area contributed by atoms with Crippen LogP contribution in [0.1, 0.15) is 15.9 Å². The summed E-state index contributed by atoms with van der Waals surface area (Å²) in [4.78, 5) is 12.0. The van der Waals surface area contributed by atoms with E-state index in [9.17, 15) is 15.0 Å². The molecule has 0 radical (unpaired) electrons. The molecule has 2 rings (SSSR count). The molecule has 0 bridgehead atoms. The molecule has 0 saturated heterocycles. The van der Waals surface area contributed by atoms with Crippen LogP contribution in [0.4, 0.5) is 0 Å². The number of carbonyl (C=O) groups is 1. The Morgan fingerprint density at radius 1 is 1.11 bits per heavy atom. The highest BCUT2D eigenvalue weighted by molar-refractivity contribution is 5.97. The van der Waals surface area contributed by atoms with Gasteiger partial charge in [-0.05, 0) is 42.0 Å². The molecule has 4 heteroatoms. The zero-order valence-electron chi connectivity index (χ0n) is 10.5. The van der Waals surface area contributed by atoms with Crippen molar-refractivity contribution >= 4 is 5.78 Å². The summed E-state index contributed by atoms with van der Waals surface area (Å²) < 4.78 is 4.99. The van der Waals surface area contributed by atoms with Gasteiger partial charge in [-0.1, -0.05) is 6.07 Å². The fourth-order valence-electron chi connectivity index (χ4n) is 1.77. The molecule has 98 valence electrons. The Bertz CT molecular complexity index is 588. The average molecular weight is 258 g/mol. The predicted octanol–water partition coefficient (Wildman–Crippen LogP) is 2.53. The fourth-order valence-corrected chi connectivity index (χ4v) is 1.77. The van der Waals surface area contributed by atoms with Crippen molar-refractivity contribution in [3.63, 3.8) is 0 Å². The van der Waals surface area contributed by atoms with Crippen LogP contribution in [-0.2, 0) is 6.42 Å². The molecule has 0 fully saturated rings. The van der Waals surface area contributed by atoms with Gasteiger partial charge in [-0.25, -0.2) is 0 Å². The first kappa shape index (κ1) is 13.0. The number of aromatic hydroxyl groups is 2. The quantitative estimate of drug-likeness (QED) is 0.827. The predicted molar refractivity (Wildman–Crippen MR) is 70.8 cm³/mol. The van der Waals surface area contributed by atoms with E-state index < -0.39 is 0 Å². The number of rotatable bonds is 4. The lowest BCUT2D eigenvalue weighted by Gasteiger charge is -2.06. The molecule has 0 atom stereocenters. The molecule has 0 aliphatic carbocycles. The summed E-state index contributed by atoms with van der Waals surface area (Å²) in [6, 6.07) is 10.9. The number of phenols is 2. The van der Waals surface area contributed by atoms with Gasteiger partial charge in [0, 0.05) is 12.0 Å². The van der Waals surface area contributed by atoms with Crippen LogP contribution in [0.15, 0.2) is 42.5 Å². The van der Waals surface area contributed by atoms with Gasteiger partial charge in [-0.15, -0.1) is 0 Å². The van der Waals surface area contributed by atoms with E-state index in [4.69, 9.17) is 4.74 Å². The highest BCUT2D eigenvalue weighted by Crippen LogP contribution is 2.26. The van der Waals surface area contributed by atoms with Gasteiger partial charge in [0.2, 0.25) is 0 Å². The van der Waals surface area contributed by atoms with Crippen LogP contribution in [0, 0.1) is 0 Å². The van der Waals surface area contributed by atoms with E-state index in [0.29, 0.717) is 11.3 Å². The van der Waals surface area contributed by atoms with Crippen LogP contribution in [0.3, 0.4) is 0 Å². The highest BCUT2D eigenvalue weighted by Gasteiger charge is 2.09. The third-order valence-corrected chi connectivity index (χ3v) is 2.80. The van der Waals surface area contributed by atoms with Crippen LogP contribution in [0.5, 0.6) is 17.2 Å². The maximum Gasteiger partial charge on any atom is 0.167 e. The van der Waals surface area contributed by atoms with Gasteiger partial charge in [-0.3, -0.25) is 4.79 Å². The maximum absolute atomic E-state index is 12.0. The fraction of sp³-hybridized carbons (Fsp3) is 0.133. The van der Waals surface area contributed by atoms with Crippen molar-refractivity contribution in [3.05, 3.63) is 53.6 Å². The number of methoxy groups -OCH3 is 1. The maximum atomic E-state index is 12.0. The minimum atomic E-state index is -0.0623. The molecule has 0 aliphatic heterocycles. The van der Waals surface area contributed by atoms with E-state index in [0.717, 1.165) is 5.56 Å². The number of phenolic OH excluding ortho intramolecular Hbond substituents is 2. The third-order valence-electron chi connectivity index (χ3n) is 2.80. The summed E-state index contributed by atoms with van der Waals surface area (Å²) in [6.07, 6.45) is 0.210. The molecule has 0 aromatic heterocycles. The first-order valence-corrected chi connectivity index (χ1v) is 5.78. The molecule has 2 aromatic rings. The molecule has 0 heterocycles. The molecular weight excluding hydrogens is 244 g/mol. The van der Waals surface area contributed by atoms with Crippen LogP contribution in [-0.4, -0.2) is 23.1 Å². The second-order valence-corrected chi connectivity index (χ2v) is 4.15. The molecule has 0 unspecified atom stereocenters. The topological polar surface area (TPSA) is 66.8 Å². The number of Topliss-reactive ketones (excluding diaryl/α,β-unsaturated/α-hetero) is 1. The first-order valence-electron chi connectivity index (χ1n) is 5.78. The van der Waals surface area contributed by atoms with E-state index in [-0.39, 0.29) is 23.7 Å². The van der Waals surface area contributed by atoms with Gasteiger partial charge in [0.15, 0.2) is 17.3 Å². The number of hydrogen-bond donors (Lipinski definition) is 2. The van der Waals surface area contributed by atoms with Crippen molar-refractivity contribution in [1.82, 2.24) is 0 Å². The van der Waals surface area contributed by atoms with Gasteiger partial charge in [0.1, 0.15) is 5.75 Å². The van der Waals surface area contributed by atoms with Gasteiger partial charge >= 0.3 is 0 Å². The first-order chi connectivity index (χ1) is 9.10. The number of benzene rings is 2. The van der Waals surface area contributed by atoms with Crippen molar-refractivity contribution in [1.29, 1.82) is 0 Å². The molecular formula is C15H14O4. The van der Waals surface area contributed by atoms with Crippen molar-refractivity contribution < 1.29 is 19.7 Å². The summed E-state index contributed by atoms with van der Waals surface area (Å²) >= 11 is 0. The van der Waals surface area contributed by atoms with E-state index in [1.807, 2.05) is 0 Å². The molecule has 0 saturated carbocycles. The van der Waals surface area contributed by atoms with Crippen LogP contribution >= 0.6 is 0 Å². The largest absolute Gasteiger partial charge is 0.508 e.